The molecule has 0 atom stereocenters. The summed E-state index contributed by atoms with van der Waals surface area (Å²) < 4.78 is 6.26. The molecule has 6 aromatic heterocycles. The van der Waals surface area contributed by atoms with Crippen LogP contribution in [0.15, 0.2) is 163 Å². The molecule has 0 saturated carbocycles. The Kier molecular flexibility index (Phi) is 6.98. The molecule has 0 N–H and O–H groups in total. The van der Waals surface area contributed by atoms with Crippen LogP contribution in [-0.2, 0) is 0 Å². The molecule has 0 aliphatic rings. The van der Waals surface area contributed by atoms with Gasteiger partial charge in [0.05, 0.1) is 22.5 Å². The van der Waals surface area contributed by atoms with Gasteiger partial charge in [-0.2, -0.15) is 0 Å². The molecular weight excluding hydrogens is 605 g/mol. The predicted molar refractivity (Wildman–Crippen MR) is 193 cm³/mol. The molecule has 3 aromatic carbocycles. The zero-order valence-electron chi connectivity index (χ0n) is 26.1. The monoisotopic (exact) mass is 630 g/mol. The molecule has 0 aliphatic heterocycles. The molecule has 0 spiro atoms. The molecule has 0 bridgehead atoms. The third-order valence-corrected chi connectivity index (χ3v) is 8.54. The van der Waals surface area contributed by atoms with Gasteiger partial charge in [-0.15, -0.1) is 0 Å². The van der Waals surface area contributed by atoms with Gasteiger partial charge in [-0.25, -0.2) is 19.9 Å². The molecule has 0 radical (unpaired) electrons. The molecule has 0 aliphatic carbocycles. The highest BCUT2D eigenvalue weighted by Crippen LogP contribution is 2.36. The Balaban J connectivity index is 1.14. The molecule has 230 valence electrons. The average Bonchev–Trinajstić information content (AvgIpc) is 3.57. The van der Waals surface area contributed by atoms with Crippen LogP contribution in [0.1, 0.15) is 0 Å². The fraction of sp³-hybridized carbons (Fsp3) is 0. The van der Waals surface area contributed by atoms with Crippen molar-refractivity contribution < 1.29 is 4.42 Å². The number of rotatable bonds is 6. The molecule has 49 heavy (non-hydrogen) atoms. The van der Waals surface area contributed by atoms with Gasteiger partial charge in [0, 0.05) is 41.5 Å². The van der Waals surface area contributed by atoms with Crippen LogP contribution in [0.4, 0.5) is 0 Å². The van der Waals surface area contributed by atoms with E-state index in [1.54, 1.807) is 18.6 Å². The van der Waals surface area contributed by atoms with Gasteiger partial charge in [0.15, 0.2) is 11.4 Å². The minimum Gasteiger partial charge on any atom is -0.434 e. The molecule has 0 amide bonds. The molecule has 7 heteroatoms. The summed E-state index contributed by atoms with van der Waals surface area (Å²) in [4.78, 5) is 28.4. The van der Waals surface area contributed by atoms with Crippen molar-refractivity contribution in [1.29, 1.82) is 0 Å². The van der Waals surface area contributed by atoms with Crippen LogP contribution in [0, 0.1) is 0 Å². The highest BCUT2D eigenvalue weighted by Gasteiger charge is 2.19. The van der Waals surface area contributed by atoms with Crippen molar-refractivity contribution in [2.75, 3.05) is 0 Å². The highest BCUT2D eigenvalue weighted by atomic mass is 16.3. The normalized spacial score (nSPS) is 11.3. The maximum atomic E-state index is 6.26. The van der Waals surface area contributed by atoms with Crippen molar-refractivity contribution >= 4 is 22.2 Å². The van der Waals surface area contributed by atoms with Crippen molar-refractivity contribution in [2.24, 2.45) is 0 Å². The molecule has 0 saturated heterocycles. The Labute approximate surface area is 281 Å². The summed E-state index contributed by atoms with van der Waals surface area (Å²) in [6, 6.07) is 44.8. The number of hydrogen-bond donors (Lipinski definition) is 0. The third-order valence-electron chi connectivity index (χ3n) is 8.54. The Morgan fingerprint density at radius 2 is 1.10 bits per heavy atom. The lowest BCUT2D eigenvalue weighted by Gasteiger charge is -2.11. The van der Waals surface area contributed by atoms with E-state index >= 15 is 0 Å². The first kappa shape index (κ1) is 28.4. The topological polar surface area (TPSA) is 90.5 Å². The summed E-state index contributed by atoms with van der Waals surface area (Å²) in [6.07, 6.45) is 7.10. The largest absolute Gasteiger partial charge is 0.434 e. The van der Waals surface area contributed by atoms with Gasteiger partial charge in [-0.3, -0.25) is 9.97 Å². The summed E-state index contributed by atoms with van der Waals surface area (Å²) in [6.45, 7) is 0. The molecule has 0 unspecified atom stereocenters. The minimum absolute atomic E-state index is 0.535. The average molecular weight is 631 g/mol. The van der Waals surface area contributed by atoms with E-state index in [-0.39, 0.29) is 0 Å². The van der Waals surface area contributed by atoms with Gasteiger partial charge < -0.3 is 4.42 Å². The Bertz CT molecular complexity index is 2510. The van der Waals surface area contributed by atoms with Crippen LogP contribution in [0.25, 0.3) is 89.7 Å². The van der Waals surface area contributed by atoms with E-state index in [2.05, 4.69) is 87.7 Å². The highest BCUT2D eigenvalue weighted by molar-refractivity contribution is 6.06. The lowest BCUT2D eigenvalue weighted by molar-refractivity contribution is 0.652. The number of nitrogens with zero attached hydrogens (tertiary/aromatic N) is 6. The second-order valence-corrected chi connectivity index (χ2v) is 11.6. The van der Waals surface area contributed by atoms with Gasteiger partial charge in [-0.1, -0.05) is 84.9 Å². The van der Waals surface area contributed by atoms with Gasteiger partial charge in [0.2, 0.25) is 5.71 Å². The lowest BCUT2D eigenvalue weighted by atomic mass is 10.00. The Morgan fingerprint density at radius 1 is 0.429 bits per heavy atom. The van der Waals surface area contributed by atoms with Crippen LogP contribution in [0.2, 0.25) is 0 Å². The van der Waals surface area contributed by atoms with Crippen molar-refractivity contribution in [1.82, 2.24) is 29.9 Å². The summed E-state index contributed by atoms with van der Waals surface area (Å²) in [5, 5.41) is 0.849. The second kappa shape index (κ2) is 12.1. The smallest absolute Gasteiger partial charge is 0.229 e. The number of fused-ring (bicyclic) bond motifs is 3. The van der Waals surface area contributed by atoms with E-state index < -0.39 is 0 Å². The van der Waals surface area contributed by atoms with Crippen molar-refractivity contribution in [3.05, 3.63) is 158 Å². The van der Waals surface area contributed by atoms with E-state index in [0.29, 0.717) is 17.1 Å². The molecule has 0 fully saturated rings. The number of benzene rings is 3. The lowest BCUT2D eigenvalue weighted by Crippen LogP contribution is -1.95. The summed E-state index contributed by atoms with van der Waals surface area (Å²) in [7, 11) is 0. The van der Waals surface area contributed by atoms with E-state index in [9.17, 15) is 0 Å². The van der Waals surface area contributed by atoms with E-state index in [4.69, 9.17) is 19.4 Å². The number of furan rings is 1. The van der Waals surface area contributed by atoms with Crippen LogP contribution in [-0.4, -0.2) is 29.9 Å². The zero-order valence-corrected chi connectivity index (χ0v) is 26.1. The predicted octanol–water partition coefficient (Wildman–Crippen LogP) is 9.96. The van der Waals surface area contributed by atoms with E-state index in [1.807, 2.05) is 66.9 Å². The summed E-state index contributed by atoms with van der Waals surface area (Å²) >= 11 is 0. The van der Waals surface area contributed by atoms with Crippen LogP contribution >= 0.6 is 0 Å². The Morgan fingerprint density at radius 3 is 1.88 bits per heavy atom. The molecular formula is C42H26N6O. The van der Waals surface area contributed by atoms with Gasteiger partial charge in [0.25, 0.3) is 0 Å². The van der Waals surface area contributed by atoms with E-state index in [0.717, 1.165) is 72.6 Å². The van der Waals surface area contributed by atoms with E-state index in [1.165, 1.54) is 0 Å². The van der Waals surface area contributed by atoms with Crippen LogP contribution in [0.5, 0.6) is 0 Å². The van der Waals surface area contributed by atoms with Gasteiger partial charge >= 0.3 is 0 Å². The molecule has 9 aromatic rings. The fourth-order valence-electron chi connectivity index (χ4n) is 6.07. The van der Waals surface area contributed by atoms with Crippen LogP contribution < -0.4 is 0 Å². The first-order valence-corrected chi connectivity index (χ1v) is 15.9. The number of pyridine rings is 4. The van der Waals surface area contributed by atoms with Crippen molar-refractivity contribution in [2.45, 2.75) is 0 Å². The quantitative estimate of drug-likeness (QED) is 0.181. The molecule has 9 rings (SSSR count). The summed E-state index contributed by atoms with van der Waals surface area (Å²) in [5.74, 6) is 0.604. The number of aromatic nitrogens is 6. The second-order valence-electron chi connectivity index (χ2n) is 11.6. The Hall–Kier alpha value is -6.86. The van der Waals surface area contributed by atoms with Crippen LogP contribution in [0.3, 0.4) is 0 Å². The van der Waals surface area contributed by atoms with Gasteiger partial charge in [-0.05, 0) is 70.8 Å². The van der Waals surface area contributed by atoms with Gasteiger partial charge in [0.1, 0.15) is 11.2 Å². The maximum Gasteiger partial charge on any atom is 0.229 e. The summed E-state index contributed by atoms with van der Waals surface area (Å²) in [5.41, 5.74) is 12.1. The van der Waals surface area contributed by atoms with Crippen molar-refractivity contribution in [3.63, 3.8) is 0 Å². The minimum atomic E-state index is 0.535. The maximum absolute atomic E-state index is 6.26. The third kappa shape index (κ3) is 5.39. The number of hydrogen-bond acceptors (Lipinski definition) is 7. The first-order chi connectivity index (χ1) is 24.3. The standard InChI is InChI=1S/C42H26N6O/c1-2-8-27(9-3-1)28-13-17-30(18-14-28)38-40-39(34-11-7-23-45-42(34)49-40)48-41(47-38)31-19-15-29(16-20-31)33-24-36(32-10-6-21-43-26-32)46-37(25-33)35-12-4-5-22-44-35/h1-26H. The van der Waals surface area contributed by atoms with Crippen molar-refractivity contribution in [3.8, 4) is 67.5 Å². The zero-order chi connectivity index (χ0) is 32.6. The molecule has 7 nitrogen and oxygen atoms in total. The first-order valence-electron chi connectivity index (χ1n) is 15.9. The molecule has 6 heterocycles. The fourth-order valence-corrected chi connectivity index (χ4v) is 6.07. The SMILES string of the molecule is c1ccc(-c2ccc(-c3nc(-c4ccc(-c5cc(-c6cccnc6)nc(-c6ccccn6)c5)cc4)nc4c3oc3ncccc34)cc2)cc1.